The average Bonchev–Trinajstić information content (AvgIpc) is 2.70. The van der Waals surface area contributed by atoms with Crippen LogP contribution < -0.4 is 15.1 Å². The highest BCUT2D eigenvalue weighted by molar-refractivity contribution is 5.93. The van der Waals surface area contributed by atoms with Crippen molar-refractivity contribution in [2.45, 2.75) is 39.0 Å². The second kappa shape index (κ2) is 8.36. The maximum atomic E-state index is 12.6. The molecule has 0 aromatic heterocycles. The van der Waals surface area contributed by atoms with Crippen LogP contribution in [0, 0.1) is 6.92 Å². The molecule has 0 atom stereocenters. The van der Waals surface area contributed by atoms with Crippen molar-refractivity contribution in [3.63, 3.8) is 0 Å². The summed E-state index contributed by atoms with van der Waals surface area (Å²) in [6.45, 7) is 6.63. The molecule has 4 rings (SSSR count). The Morgan fingerprint density at radius 3 is 2.54 bits per heavy atom. The molecule has 148 valence electrons. The van der Waals surface area contributed by atoms with E-state index in [-0.39, 0.29) is 5.91 Å². The molecule has 4 nitrogen and oxygen atoms in total. The van der Waals surface area contributed by atoms with E-state index < -0.39 is 0 Å². The number of rotatable bonds is 4. The third-order valence-electron chi connectivity index (χ3n) is 6.24. The minimum Gasteiger partial charge on any atom is -0.360 e. The van der Waals surface area contributed by atoms with Crippen molar-refractivity contribution in [2.75, 3.05) is 43.4 Å². The van der Waals surface area contributed by atoms with Gasteiger partial charge in [0, 0.05) is 11.4 Å². The monoisotopic (exact) mass is 378 g/mol. The maximum Gasteiger partial charge on any atom is 0.228 e. The fraction of sp³-hybridized carbons (Fsp3) is 0.458. The molecule has 2 aliphatic rings. The number of piperazine rings is 1. The molecule has 1 heterocycles. The number of aryl methyl sites for hydroxylation is 3. The van der Waals surface area contributed by atoms with E-state index in [0.717, 1.165) is 36.3 Å². The molecule has 1 saturated heterocycles. The summed E-state index contributed by atoms with van der Waals surface area (Å²) in [6, 6.07) is 13.0. The molecular formula is C24H32N3O+. The third-order valence-corrected chi connectivity index (χ3v) is 6.24. The zero-order chi connectivity index (χ0) is 19.5. The molecule has 1 fully saturated rings. The Morgan fingerprint density at radius 1 is 1.04 bits per heavy atom. The molecule has 1 aliphatic heterocycles. The predicted octanol–water partition coefficient (Wildman–Crippen LogP) is 2.39. The van der Waals surface area contributed by atoms with Gasteiger partial charge in [-0.25, -0.2) is 0 Å². The molecule has 0 radical (unpaired) electrons. The predicted molar refractivity (Wildman–Crippen MR) is 115 cm³/mol. The zero-order valence-electron chi connectivity index (χ0n) is 17.2. The van der Waals surface area contributed by atoms with Crippen molar-refractivity contribution in [2.24, 2.45) is 0 Å². The van der Waals surface area contributed by atoms with Gasteiger partial charge in [-0.3, -0.25) is 4.79 Å². The summed E-state index contributed by atoms with van der Waals surface area (Å²) in [5.74, 6) is 0.0646. The van der Waals surface area contributed by atoms with Crippen LogP contribution in [0.2, 0.25) is 0 Å². The Labute approximate surface area is 168 Å². The molecule has 0 unspecified atom stereocenters. The molecule has 1 aliphatic carbocycles. The fourth-order valence-electron chi connectivity index (χ4n) is 4.41. The van der Waals surface area contributed by atoms with Gasteiger partial charge in [0.25, 0.3) is 0 Å². The number of hydrogen-bond acceptors (Lipinski definition) is 2. The number of carbonyl (C=O) groups excluding carboxylic acids is 1. The SMILES string of the molecule is Cc1cc(N2CC[NH+](C)CC2)ccc1NC(=O)Cc1ccc2c(c1)CCCC2. The second-order valence-corrected chi connectivity index (χ2v) is 8.48. The van der Waals surface area contributed by atoms with Crippen molar-refractivity contribution < 1.29 is 9.69 Å². The molecule has 2 aromatic carbocycles. The molecule has 2 N–H and O–H groups in total. The number of hydrogen-bond donors (Lipinski definition) is 2. The number of fused-ring (bicyclic) bond motifs is 1. The lowest BCUT2D eigenvalue weighted by Gasteiger charge is -2.32. The van der Waals surface area contributed by atoms with Gasteiger partial charge >= 0.3 is 0 Å². The topological polar surface area (TPSA) is 36.8 Å². The largest absolute Gasteiger partial charge is 0.360 e. The van der Waals surface area contributed by atoms with Gasteiger partial charge in [0.2, 0.25) is 5.91 Å². The minimum absolute atomic E-state index is 0.0646. The van der Waals surface area contributed by atoms with Crippen LogP contribution in [0.25, 0.3) is 0 Å². The summed E-state index contributed by atoms with van der Waals surface area (Å²) in [7, 11) is 2.25. The Bertz CT molecular complexity index is 853. The van der Waals surface area contributed by atoms with Crippen LogP contribution in [0.3, 0.4) is 0 Å². The van der Waals surface area contributed by atoms with Gasteiger partial charge < -0.3 is 15.1 Å². The molecule has 1 amide bonds. The Morgan fingerprint density at radius 2 is 1.79 bits per heavy atom. The lowest BCUT2D eigenvalue weighted by molar-refractivity contribution is -0.880. The van der Waals surface area contributed by atoms with Crippen molar-refractivity contribution in [3.05, 3.63) is 58.7 Å². The van der Waals surface area contributed by atoms with E-state index >= 15 is 0 Å². The highest BCUT2D eigenvalue weighted by Crippen LogP contribution is 2.24. The number of nitrogens with zero attached hydrogens (tertiary/aromatic N) is 1. The summed E-state index contributed by atoms with van der Waals surface area (Å²) < 4.78 is 0. The second-order valence-electron chi connectivity index (χ2n) is 8.48. The van der Waals surface area contributed by atoms with Crippen molar-refractivity contribution in [1.82, 2.24) is 0 Å². The number of quaternary nitrogens is 1. The smallest absolute Gasteiger partial charge is 0.228 e. The van der Waals surface area contributed by atoms with Gasteiger partial charge in [-0.15, -0.1) is 0 Å². The van der Waals surface area contributed by atoms with Crippen LogP contribution in [0.1, 0.15) is 35.1 Å². The first kappa shape index (κ1) is 19.0. The van der Waals surface area contributed by atoms with Gasteiger partial charge in [0.05, 0.1) is 39.6 Å². The summed E-state index contributed by atoms with van der Waals surface area (Å²) in [6.07, 6.45) is 5.33. The number of anilines is 2. The molecule has 0 spiro atoms. The quantitative estimate of drug-likeness (QED) is 0.857. The van der Waals surface area contributed by atoms with Crippen LogP contribution in [0.4, 0.5) is 11.4 Å². The van der Waals surface area contributed by atoms with Crippen LogP contribution in [0.15, 0.2) is 36.4 Å². The highest BCUT2D eigenvalue weighted by Gasteiger charge is 2.18. The molecule has 0 bridgehead atoms. The van der Waals surface area contributed by atoms with Crippen LogP contribution in [0.5, 0.6) is 0 Å². The van der Waals surface area contributed by atoms with E-state index in [9.17, 15) is 4.79 Å². The number of likely N-dealkylation sites (N-methyl/N-ethyl adjacent to an activating group) is 1. The minimum atomic E-state index is 0.0646. The Hall–Kier alpha value is -2.33. The third kappa shape index (κ3) is 4.39. The van der Waals surface area contributed by atoms with Gasteiger partial charge in [0.1, 0.15) is 0 Å². The zero-order valence-corrected chi connectivity index (χ0v) is 17.2. The Kier molecular flexibility index (Phi) is 5.67. The van der Waals surface area contributed by atoms with E-state index in [1.54, 1.807) is 4.90 Å². The summed E-state index contributed by atoms with van der Waals surface area (Å²) in [4.78, 5) is 16.6. The van der Waals surface area contributed by atoms with Crippen molar-refractivity contribution in [1.29, 1.82) is 0 Å². The maximum absolute atomic E-state index is 12.6. The molecule has 28 heavy (non-hydrogen) atoms. The number of carbonyl (C=O) groups is 1. The fourth-order valence-corrected chi connectivity index (χ4v) is 4.41. The van der Waals surface area contributed by atoms with Gasteiger partial charge in [-0.2, -0.15) is 0 Å². The van der Waals surface area contributed by atoms with Crippen LogP contribution >= 0.6 is 0 Å². The van der Waals surface area contributed by atoms with E-state index in [0.29, 0.717) is 6.42 Å². The van der Waals surface area contributed by atoms with Crippen LogP contribution in [-0.2, 0) is 24.1 Å². The van der Waals surface area contributed by atoms with E-state index in [1.165, 1.54) is 49.2 Å². The average molecular weight is 379 g/mol. The van der Waals surface area contributed by atoms with Gasteiger partial charge in [-0.05, 0) is 73.1 Å². The van der Waals surface area contributed by atoms with Gasteiger partial charge in [-0.1, -0.05) is 18.2 Å². The normalized spacial score (nSPS) is 17.3. The van der Waals surface area contributed by atoms with E-state index in [1.807, 2.05) is 0 Å². The highest BCUT2D eigenvalue weighted by atomic mass is 16.1. The lowest BCUT2D eigenvalue weighted by atomic mass is 9.90. The molecule has 0 saturated carbocycles. The molecule has 4 heteroatoms. The van der Waals surface area contributed by atoms with Crippen molar-refractivity contribution in [3.8, 4) is 0 Å². The number of amides is 1. The molecule has 2 aromatic rings. The summed E-state index contributed by atoms with van der Waals surface area (Å²) in [5.41, 5.74) is 7.33. The first-order valence-corrected chi connectivity index (χ1v) is 10.7. The lowest BCUT2D eigenvalue weighted by Crippen LogP contribution is -3.12. The first-order chi connectivity index (χ1) is 13.6. The van der Waals surface area contributed by atoms with Gasteiger partial charge in [0.15, 0.2) is 0 Å². The van der Waals surface area contributed by atoms with E-state index in [4.69, 9.17) is 0 Å². The summed E-state index contributed by atoms with van der Waals surface area (Å²) in [5, 5.41) is 3.11. The Balaban J connectivity index is 1.39. The molecular weight excluding hydrogens is 346 g/mol. The summed E-state index contributed by atoms with van der Waals surface area (Å²) >= 11 is 0. The number of nitrogens with one attached hydrogen (secondary N) is 2. The van der Waals surface area contributed by atoms with Crippen molar-refractivity contribution >= 4 is 17.3 Å². The number of benzene rings is 2. The van der Waals surface area contributed by atoms with Crippen LogP contribution in [-0.4, -0.2) is 39.1 Å². The standard InChI is InChI=1S/C24H31N3O/c1-18-15-22(27-13-11-26(2)12-14-27)9-10-23(18)25-24(28)17-19-7-8-20-5-3-4-6-21(20)16-19/h7-10,15-16H,3-6,11-14,17H2,1-2H3,(H,25,28)/p+1. The first-order valence-electron chi connectivity index (χ1n) is 10.7. The van der Waals surface area contributed by atoms with E-state index in [2.05, 4.69) is 60.6 Å².